The first-order chi connectivity index (χ1) is 11.0. The van der Waals surface area contributed by atoms with Gasteiger partial charge in [-0.2, -0.15) is 0 Å². The van der Waals surface area contributed by atoms with Gasteiger partial charge in [0.2, 0.25) is 5.25 Å². The Bertz CT molecular complexity index is 846. The van der Waals surface area contributed by atoms with Crippen molar-refractivity contribution in [3.8, 4) is 5.40 Å². The van der Waals surface area contributed by atoms with E-state index in [1.54, 1.807) is 0 Å². The molecule has 0 bridgehead atoms. The first-order valence-corrected chi connectivity index (χ1v) is 9.91. The van der Waals surface area contributed by atoms with E-state index in [4.69, 9.17) is 0 Å². The number of nitriles is 1. The third kappa shape index (κ3) is 2.73. The molecule has 2 unspecified atom stereocenters. The van der Waals surface area contributed by atoms with Crippen molar-refractivity contribution in [2.24, 2.45) is 5.92 Å². The van der Waals surface area contributed by atoms with Crippen LogP contribution in [0.4, 0.5) is 0 Å². The van der Waals surface area contributed by atoms with Crippen molar-refractivity contribution < 1.29 is 9.90 Å². The smallest absolute Gasteiger partial charge is 0.334 e. The molecular weight excluding hydrogens is 326 g/mol. The number of allylic oxidation sites excluding steroid dienone is 1. The van der Waals surface area contributed by atoms with Gasteiger partial charge in [-0.25, -0.2) is 0 Å². The van der Waals surface area contributed by atoms with E-state index in [9.17, 15) is 15.2 Å². The van der Waals surface area contributed by atoms with Gasteiger partial charge in [-0.15, -0.1) is 5.26 Å². The van der Waals surface area contributed by atoms with Crippen LogP contribution >= 0.6 is 10.8 Å². The van der Waals surface area contributed by atoms with Crippen molar-refractivity contribution in [2.75, 3.05) is 0 Å². The summed E-state index contributed by atoms with van der Waals surface area (Å²) >= 11 is 0. The molecule has 0 radical (unpaired) electrons. The van der Waals surface area contributed by atoms with E-state index >= 15 is 0 Å². The number of carboxylic acids is 1. The predicted molar refractivity (Wildman–Crippen MR) is 95.1 cm³/mol. The molecule has 23 heavy (non-hydrogen) atoms. The number of benzene rings is 2. The highest BCUT2D eigenvalue weighted by molar-refractivity contribution is 8.78. The van der Waals surface area contributed by atoms with Gasteiger partial charge >= 0.3 is 5.40 Å². The lowest BCUT2D eigenvalue weighted by Crippen LogP contribution is -2.38. The molecule has 2 aromatic carbocycles. The van der Waals surface area contributed by atoms with Crippen molar-refractivity contribution in [3.63, 3.8) is 0 Å². The fourth-order valence-electron chi connectivity index (χ4n) is 2.84. The van der Waals surface area contributed by atoms with Crippen molar-refractivity contribution in [3.05, 3.63) is 52.9 Å². The van der Waals surface area contributed by atoms with Gasteiger partial charge in [-0.05, 0) is 22.3 Å². The highest BCUT2D eigenvalue weighted by Crippen LogP contribution is 2.50. The molecule has 3 nitrogen and oxygen atoms in total. The van der Waals surface area contributed by atoms with E-state index < -0.39 is 21.1 Å². The summed E-state index contributed by atoms with van der Waals surface area (Å²) in [6.07, 6.45) is 0. The lowest BCUT2D eigenvalue weighted by atomic mass is 9.93. The van der Waals surface area contributed by atoms with Crippen molar-refractivity contribution in [2.45, 2.75) is 19.1 Å². The Morgan fingerprint density at radius 3 is 2.61 bits per heavy atom. The van der Waals surface area contributed by atoms with Crippen LogP contribution < -0.4 is 5.11 Å². The van der Waals surface area contributed by atoms with Crippen LogP contribution in [0.2, 0.25) is 0 Å². The molecule has 0 saturated heterocycles. The minimum absolute atomic E-state index is 0.168. The van der Waals surface area contributed by atoms with Crippen LogP contribution in [-0.2, 0) is 14.7 Å². The molecule has 0 N–H and O–H groups in total. The van der Waals surface area contributed by atoms with Crippen LogP contribution in [0.1, 0.15) is 19.4 Å². The average molecular weight is 341 g/mol. The molecule has 0 aromatic heterocycles. The Balaban J connectivity index is 2.30. The second-order valence-electron chi connectivity index (χ2n) is 5.63. The molecule has 0 saturated carbocycles. The summed E-state index contributed by atoms with van der Waals surface area (Å²) < 4.78 is 0. The Hall–Kier alpha value is -1.90. The van der Waals surface area contributed by atoms with E-state index in [0.29, 0.717) is 0 Å². The number of carbonyl (C=O) groups excluding carboxylic acids is 1. The molecule has 0 amide bonds. The third-order valence-corrected chi connectivity index (χ3v) is 7.79. The Morgan fingerprint density at radius 1 is 1.26 bits per heavy atom. The highest BCUT2D eigenvalue weighted by Gasteiger charge is 2.49. The predicted octanol–water partition coefficient (Wildman–Crippen LogP) is 3.09. The standard InChI is InChI=1S/C18H15NO2S2/c1-11(2)16-15(17(18(20)21)23(10-19)22-16)14-9-5-7-12-6-3-4-8-13(12)14/h3-9,11,17H,1-2H3. The van der Waals surface area contributed by atoms with Crippen molar-refractivity contribution in [1.29, 1.82) is 5.26 Å². The van der Waals surface area contributed by atoms with Crippen LogP contribution in [0.5, 0.6) is 0 Å². The summed E-state index contributed by atoms with van der Waals surface area (Å²) in [6, 6.07) is 13.8. The van der Waals surface area contributed by atoms with Crippen LogP contribution in [0.25, 0.3) is 16.3 Å². The monoisotopic (exact) mass is 341 g/mol. The maximum atomic E-state index is 11.8. The summed E-state index contributed by atoms with van der Waals surface area (Å²) in [5.74, 6) is -0.998. The van der Waals surface area contributed by atoms with Crippen LogP contribution in [0, 0.1) is 16.6 Å². The van der Waals surface area contributed by atoms with Gasteiger partial charge < -0.3 is 9.90 Å². The van der Waals surface area contributed by atoms with Crippen LogP contribution in [0.3, 0.4) is 0 Å². The van der Waals surface area contributed by atoms with Crippen LogP contribution in [-0.4, -0.2) is 11.2 Å². The molecule has 0 fully saturated rings. The first kappa shape index (κ1) is 16.0. The number of fused-ring (bicyclic) bond motifs is 1. The lowest BCUT2D eigenvalue weighted by Gasteiger charge is -2.15. The van der Waals surface area contributed by atoms with Gasteiger partial charge in [0.25, 0.3) is 0 Å². The summed E-state index contributed by atoms with van der Waals surface area (Å²) in [5.41, 5.74) is 1.66. The Morgan fingerprint density at radius 2 is 1.96 bits per heavy atom. The van der Waals surface area contributed by atoms with E-state index in [1.807, 2.05) is 56.3 Å². The summed E-state index contributed by atoms with van der Waals surface area (Å²) in [5, 5.41) is 24.5. The van der Waals surface area contributed by atoms with Gasteiger partial charge in [-0.1, -0.05) is 56.3 Å². The van der Waals surface area contributed by atoms with Crippen molar-refractivity contribution in [1.82, 2.24) is 0 Å². The fourth-order valence-corrected chi connectivity index (χ4v) is 6.86. The Kier molecular flexibility index (Phi) is 4.38. The number of thiocyanates is 1. The quantitative estimate of drug-likeness (QED) is 0.489. The molecule has 1 aliphatic heterocycles. The molecule has 0 spiro atoms. The third-order valence-electron chi connectivity index (χ3n) is 3.83. The molecule has 5 heteroatoms. The number of hydrogen-bond donors (Lipinski definition) is 0. The topological polar surface area (TPSA) is 63.9 Å². The second-order valence-corrected chi connectivity index (χ2v) is 9.06. The number of carboxylic acid groups (broad SMARTS) is 1. The Labute approximate surface area is 141 Å². The van der Waals surface area contributed by atoms with E-state index in [2.05, 4.69) is 5.40 Å². The van der Waals surface area contributed by atoms with Gasteiger partial charge in [0, 0.05) is 5.57 Å². The van der Waals surface area contributed by atoms with E-state index in [1.165, 1.54) is 10.8 Å². The SMILES string of the molecule is CC(C)C1=C(c2cccc3ccccc23)C(C(=O)[O-])[S+](C#N)S1. The average Bonchev–Trinajstić information content (AvgIpc) is 2.94. The lowest BCUT2D eigenvalue weighted by molar-refractivity contribution is -0.303. The highest BCUT2D eigenvalue weighted by atomic mass is 33.1. The zero-order chi connectivity index (χ0) is 16.6. The van der Waals surface area contributed by atoms with E-state index in [-0.39, 0.29) is 5.92 Å². The molecule has 1 heterocycles. The molecule has 2 aromatic rings. The molecule has 0 aliphatic carbocycles. The van der Waals surface area contributed by atoms with Crippen molar-refractivity contribution >= 4 is 43.0 Å². The van der Waals surface area contributed by atoms with Gasteiger partial charge in [0.15, 0.2) is 9.93 Å². The number of carbonyl (C=O) groups is 1. The van der Waals surface area contributed by atoms with Crippen LogP contribution in [0.15, 0.2) is 47.4 Å². The molecular formula is C18H15NO2S2. The number of hydrogen-bond acceptors (Lipinski definition) is 4. The number of rotatable bonds is 3. The first-order valence-electron chi connectivity index (χ1n) is 7.28. The van der Waals surface area contributed by atoms with Gasteiger partial charge in [0.05, 0.1) is 4.91 Å². The minimum atomic E-state index is -1.17. The minimum Gasteiger partial charge on any atom is -0.544 e. The number of nitrogens with zero attached hydrogens (tertiary/aromatic N) is 1. The fraction of sp³-hybridized carbons (Fsp3) is 0.222. The molecule has 2 atom stereocenters. The normalized spacial score (nSPS) is 21.0. The van der Waals surface area contributed by atoms with Gasteiger partial charge in [-0.3, -0.25) is 0 Å². The summed E-state index contributed by atoms with van der Waals surface area (Å²) in [6.45, 7) is 4.06. The second kappa shape index (κ2) is 6.31. The maximum absolute atomic E-state index is 11.8. The zero-order valence-corrected chi connectivity index (χ0v) is 14.4. The van der Waals surface area contributed by atoms with Gasteiger partial charge in [0.1, 0.15) is 16.8 Å². The maximum Gasteiger partial charge on any atom is 0.334 e. The summed E-state index contributed by atoms with van der Waals surface area (Å²) in [7, 11) is 0.452. The largest absolute Gasteiger partial charge is 0.544 e. The van der Waals surface area contributed by atoms with E-state index in [0.717, 1.165) is 26.8 Å². The molecule has 116 valence electrons. The summed E-state index contributed by atoms with van der Waals surface area (Å²) in [4.78, 5) is 12.7. The zero-order valence-electron chi connectivity index (χ0n) is 12.8. The molecule has 3 rings (SSSR count). The number of aliphatic carboxylic acids is 1. The molecule has 1 aliphatic rings.